The first kappa shape index (κ1) is 14.8. The molecule has 1 saturated heterocycles. The summed E-state index contributed by atoms with van der Waals surface area (Å²) in [4.78, 5) is 14.1. The molecule has 0 aromatic rings. The Morgan fingerprint density at radius 1 is 1.21 bits per heavy atom. The van der Waals surface area contributed by atoms with Crippen molar-refractivity contribution in [3.8, 4) is 0 Å². The van der Waals surface area contributed by atoms with Crippen LogP contribution >= 0.6 is 0 Å². The van der Waals surface area contributed by atoms with Crippen molar-refractivity contribution in [2.45, 2.75) is 57.4 Å². The van der Waals surface area contributed by atoms with E-state index in [4.69, 9.17) is 4.74 Å². The average Bonchev–Trinajstić information content (AvgIpc) is 2.66. The first-order chi connectivity index (χ1) is 9.14. The van der Waals surface area contributed by atoms with E-state index in [-0.39, 0.29) is 0 Å². The van der Waals surface area contributed by atoms with E-state index in [0.29, 0.717) is 12.6 Å². The number of carboxylic acid groups (broad SMARTS) is 1. The fourth-order valence-corrected chi connectivity index (χ4v) is 3.58. The van der Waals surface area contributed by atoms with Crippen LogP contribution in [0.3, 0.4) is 0 Å². The Bertz CT molecular complexity index is 292. The van der Waals surface area contributed by atoms with Gasteiger partial charge in [0, 0.05) is 25.8 Å². The van der Waals surface area contributed by atoms with Crippen LogP contribution in [-0.4, -0.2) is 48.8 Å². The zero-order valence-electron chi connectivity index (χ0n) is 12.1. The van der Waals surface area contributed by atoms with Gasteiger partial charge in [-0.3, -0.25) is 4.79 Å². The molecule has 4 heteroatoms. The lowest BCUT2D eigenvalue weighted by Gasteiger charge is -2.38. The largest absolute Gasteiger partial charge is 0.481 e. The van der Waals surface area contributed by atoms with E-state index in [1.54, 1.807) is 0 Å². The van der Waals surface area contributed by atoms with Crippen LogP contribution in [0.5, 0.6) is 0 Å². The van der Waals surface area contributed by atoms with Crippen molar-refractivity contribution in [2.24, 2.45) is 5.41 Å². The molecule has 1 aliphatic heterocycles. The molecule has 0 unspecified atom stereocenters. The number of carbonyl (C=O) groups is 1. The molecule has 1 N–H and O–H groups in total. The fourth-order valence-electron chi connectivity index (χ4n) is 3.58. The summed E-state index contributed by atoms with van der Waals surface area (Å²) >= 11 is 0. The topological polar surface area (TPSA) is 49.8 Å². The lowest BCUT2D eigenvalue weighted by molar-refractivity contribution is -0.151. The van der Waals surface area contributed by atoms with Gasteiger partial charge in [-0.25, -0.2) is 0 Å². The Labute approximate surface area is 116 Å². The van der Waals surface area contributed by atoms with Gasteiger partial charge in [0.2, 0.25) is 0 Å². The molecule has 2 rings (SSSR count). The Morgan fingerprint density at radius 2 is 1.79 bits per heavy atom. The Morgan fingerprint density at radius 3 is 2.32 bits per heavy atom. The van der Waals surface area contributed by atoms with E-state index in [2.05, 4.69) is 11.9 Å². The van der Waals surface area contributed by atoms with Gasteiger partial charge in [0.1, 0.15) is 0 Å². The van der Waals surface area contributed by atoms with Crippen molar-refractivity contribution in [2.75, 3.05) is 26.8 Å². The predicted molar refractivity (Wildman–Crippen MR) is 74.2 cm³/mol. The second-order valence-electron chi connectivity index (χ2n) is 6.26. The Hall–Kier alpha value is -0.610. The van der Waals surface area contributed by atoms with Crippen LogP contribution < -0.4 is 0 Å². The third-order valence-corrected chi connectivity index (χ3v) is 4.88. The maximum Gasteiger partial charge on any atom is 0.310 e. The maximum atomic E-state index is 11.8. The molecule has 19 heavy (non-hydrogen) atoms. The van der Waals surface area contributed by atoms with Crippen molar-refractivity contribution in [3.05, 3.63) is 0 Å². The van der Waals surface area contributed by atoms with E-state index < -0.39 is 11.4 Å². The molecular formula is C15H27NO3. The van der Waals surface area contributed by atoms with Crippen molar-refractivity contribution >= 4 is 5.97 Å². The van der Waals surface area contributed by atoms with Crippen LogP contribution in [0.15, 0.2) is 0 Å². The van der Waals surface area contributed by atoms with Crippen LogP contribution in [0.1, 0.15) is 51.4 Å². The van der Waals surface area contributed by atoms with Crippen LogP contribution in [0, 0.1) is 5.41 Å². The summed E-state index contributed by atoms with van der Waals surface area (Å²) in [5.74, 6) is -0.590. The minimum atomic E-state index is -0.590. The Kier molecular flexibility index (Phi) is 5.22. The fraction of sp³-hybridized carbons (Fsp3) is 0.933. The summed E-state index contributed by atoms with van der Waals surface area (Å²) in [5.41, 5.74) is -0.510. The second kappa shape index (κ2) is 6.71. The quantitative estimate of drug-likeness (QED) is 0.797. The highest BCUT2D eigenvalue weighted by Gasteiger charge is 2.40. The minimum absolute atomic E-state index is 0.494. The minimum Gasteiger partial charge on any atom is -0.481 e. The molecule has 0 amide bonds. The number of rotatable bonds is 4. The first-order valence-electron chi connectivity index (χ1n) is 7.65. The van der Waals surface area contributed by atoms with Crippen LogP contribution in [0.25, 0.3) is 0 Å². The lowest BCUT2D eigenvalue weighted by Crippen LogP contribution is -2.46. The SMILES string of the molecule is CN(CC1(C(=O)O)CCCCCC1)C1CCOCC1. The van der Waals surface area contributed by atoms with Gasteiger partial charge in [-0.2, -0.15) is 0 Å². The van der Waals surface area contributed by atoms with E-state index in [9.17, 15) is 9.90 Å². The smallest absolute Gasteiger partial charge is 0.310 e. The van der Waals surface area contributed by atoms with Gasteiger partial charge in [0.15, 0.2) is 0 Å². The van der Waals surface area contributed by atoms with E-state index in [1.807, 2.05) is 0 Å². The molecule has 110 valence electrons. The summed E-state index contributed by atoms with van der Waals surface area (Å²) in [7, 11) is 2.09. The van der Waals surface area contributed by atoms with Gasteiger partial charge in [-0.1, -0.05) is 25.7 Å². The molecule has 2 fully saturated rings. The zero-order chi connectivity index (χ0) is 13.7. The van der Waals surface area contributed by atoms with Gasteiger partial charge in [-0.05, 0) is 32.7 Å². The number of hydrogen-bond acceptors (Lipinski definition) is 3. The van der Waals surface area contributed by atoms with Gasteiger partial charge in [0.05, 0.1) is 5.41 Å². The normalized spacial score (nSPS) is 25.2. The number of ether oxygens (including phenoxy) is 1. The highest BCUT2D eigenvalue weighted by molar-refractivity contribution is 5.75. The molecule has 0 spiro atoms. The lowest BCUT2D eigenvalue weighted by atomic mass is 9.79. The monoisotopic (exact) mass is 269 g/mol. The summed E-state index contributed by atoms with van der Waals surface area (Å²) < 4.78 is 5.39. The highest BCUT2D eigenvalue weighted by atomic mass is 16.5. The standard InChI is InChI=1S/C15H27NO3/c1-16(13-6-10-19-11-7-13)12-15(14(17)18)8-4-2-3-5-9-15/h13H,2-12H2,1H3,(H,17,18). The van der Waals surface area contributed by atoms with Crippen LogP contribution in [-0.2, 0) is 9.53 Å². The molecule has 1 heterocycles. The number of aliphatic carboxylic acids is 1. The molecule has 0 bridgehead atoms. The molecule has 4 nitrogen and oxygen atoms in total. The molecule has 0 radical (unpaired) electrons. The molecule has 1 aliphatic carbocycles. The molecule has 2 aliphatic rings. The van der Waals surface area contributed by atoms with Gasteiger partial charge in [0.25, 0.3) is 0 Å². The first-order valence-corrected chi connectivity index (χ1v) is 7.65. The average molecular weight is 269 g/mol. The third kappa shape index (κ3) is 3.69. The van der Waals surface area contributed by atoms with Crippen molar-refractivity contribution < 1.29 is 14.6 Å². The van der Waals surface area contributed by atoms with Crippen molar-refractivity contribution in [3.63, 3.8) is 0 Å². The summed E-state index contributed by atoms with van der Waals surface area (Å²) in [5, 5.41) is 9.71. The Balaban J connectivity index is 2.00. The summed E-state index contributed by atoms with van der Waals surface area (Å²) in [6, 6.07) is 0.494. The number of carboxylic acids is 1. The van der Waals surface area contributed by atoms with E-state index in [0.717, 1.165) is 51.7 Å². The van der Waals surface area contributed by atoms with Gasteiger partial charge in [-0.15, -0.1) is 0 Å². The maximum absolute atomic E-state index is 11.8. The molecule has 0 aromatic carbocycles. The summed E-state index contributed by atoms with van der Waals surface area (Å²) in [6.45, 7) is 2.33. The van der Waals surface area contributed by atoms with Gasteiger partial charge < -0.3 is 14.7 Å². The number of nitrogens with zero attached hydrogens (tertiary/aromatic N) is 1. The molecule has 1 saturated carbocycles. The van der Waals surface area contributed by atoms with Crippen LogP contribution in [0.2, 0.25) is 0 Å². The number of hydrogen-bond donors (Lipinski definition) is 1. The summed E-state index contributed by atoms with van der Waals surface area (Å²) in [6.07, 6.45) is 8.26. The van der Waals surface area contributed by atoms with E-state index in [1.165, 1.54) is 12.8 Å². The predicted octanol–water partition coefficient (Wildman–Crippen LogP) is 2.52. The van der Waals surface area contributed by atoms with Gasteiger partial charge >= 0.3 is 5.97 Å². The second-order valence-corrected chi connectivity index (χ2v) is 6.26. The van der Waals surface area contributed by atoms with Crippen molar-refractivity contribution in [1.29, 1.82) is 0 Å². The van der Waals surface area contributed by atoms with E-state index >= 15 is 0 Å². The van der Waals surface area contributed by atoms with Crippen molar-refractivity contribution in [1.82, 2.24) is 4.90 Å². The van der Waals surface area contributed by atoms with Crippen LogP contribution in [0.4, 0.5) is 0 Å². The molecular weight excluding hydrogens is 242 g/mol. The molecule has 0 atom stereocenters. The molecule has 0 aromatic heterocycles. The highest BCUT2D eigenvalue weighted by Crippen LogP contribution is 2.36. The zero-order valence-corrected chi connectivity index (χ0v) is 12.1. The third-order valence-electron chi connectivity index (χ3n) is 4.88.